The molecule has 4 rings (SSSR count). The van der Waals surface area contributed by atoms with E-state index < -0.39 is 29.3 Å². The zero-order chi connectivity index (χ0) is 22.7. The van der Waals surface area contributed by atoms with Gasteiger partial charge in [-0.25, -0.2) is 14.8 Å². The predicted octanol–water partition coefficient (Wildman–Crippen LogP) is 4.46. The lowest BCUT2D eigenvalue weighted by Gasteiger charge is -2.25. The zero-order valence-corrected chi connectivity index (χ0v) is 17.3. The van der Waals surface area contributed by atoms with Gasteiger partial charge in [-0.1, -0.05) is 12.1 Å². The van der Waals surface area contributed by atoms with Gasteiger partial charge >= 0.3 is 12.3 Å². The number of rotatable bonds is 4. The quantitative estimate of drug-likeness (QED) is 0.597. The number of thiophene rings is 1. The van der Waals surface area contributed by atoms with Gasteiger partial charge in [0.15, 0.2) is 5.06 Å². The Balaban J connectivity index is 1.39. The first kappa shape index (κ1) is 21.8. The highest BCUT2D eigenvalue weighted by Gasteiger charge is 2.35. The fraction of sp³-hybridized carbons (Fsp3) is 0.238. The number of aryl methyl sites for hydroxylation is 1. The van der Waals surface area contributed by atoms with Crippen molar-refractivity contribution in [2.24, 2.45) is 0 Å². The van der Waals surface area contributed by atoms with E-state index in [1.807, 2.05) is 0 Å². The van der Waals surface area contributed by atoms with E-state index in [2.05, 4.69) is 20.6 Å². The number of hydrogen-bond donors (Lipinski definition) is 2. The molecule has 1 unspecified atom stereocenters. The molecule has 1 atom stereocenters. The molecule has 0 saturated heterocycles. The number of carbonyl (C=O) groups is 2. The number of aromatic nitrogens is 2. The monoisotopic (exact) mass is 462 g/mol. The van der Waals surface area contributed by atoms with E-state index in [0.717, 1.165) is 17.7 Å². The average molecular weight is 462 g/mol. The third kappa shape index (κ3) is 5.05. The molecule has 0 aliphatic heterocycles. The zero-order valence-electron chi connectivity index (χ0n) is 16.5. The van der Waals surface area contributed by atoms with Crippen molar-refractivity contribution in [2.45, 2.75) is 31.5 Å². The Kier molecular flexibility index (Phi) is 6.08. The molecule has 166 valence electrons. The third-order valence-corrected chi connectivity index (χ3v) is 5.61. The molecule has 0 radical (unpaired) electrons. The Morgan fingerprint density at radius 3 is 2.72 bits per heavy atom. The summed E-state index contributed by atoms with van der Waals surface area (Å²) >= 11 is 1.27. The normalized spacial score (nSPS) is 15.5. The standard InChI is InChI=1S/C21H17F3N4O3S/c22-21(23,24)15-5-2-1-4-14(15)18(29)26-13-7-8-16-12(10-13)11-25-19(27-16)28-20(30)31-17-6-3-9-32-17/h1-6,9,11,13H,7-8,10H2,(H,26,29)(H,25,27,28,30). The summed E-state index contributed by atoms with van der Waals surface area (Å²) < 4.78 is 44.6. The van der Waals surface area contributed by atoms with Crippen LogP contribution in [0.2, 0.25) is 0 Å². The largest absolute Gasteiger partial charge is 0.420 e. The van der Waals surface area contributed by atoms with Crippen molar-refractivity contribution in [2.75, 3.05) is 5.32 Å². The summed E-state index contributed by atoms with van der Waals surface area (Å²) in [6.45, 7) is 0. The topological polar surface area (TPSA) is 93.2 Å². The van der Waals surface area contributed by atoms with Gasteiger partial charge < -0.3 is 10.1 Å². The van der Waals surface area contributed by atoms with E-state index in [9.17, 15) is 22.8 Å². The van der Waals surface area contributed by atoms with Crippen molar-refractivity contribution in [3.63, 3.8) is 0 Å². The molecule has 1 aliphatic carbocycles. The first-order valence-electron chi connectivity index (χ1n) is 9.64. The molecule has 3 aromatic rings. The second-order valence-electron chi connectivity index (χ2n) is 7.07. The molecule has 2 N–H and O–H groups in total. The Labute approximate surface area is 184 Å². The highest BCUT2D eigenvalue weighted by Crippen LogP contribution is 2.32. The molecule has 7 nitrogen and oxygen atoms in total. The number of halogens is 3. The lowest BCUT2D eigenvalue weighted by atomic mass is 9.92. The van der Waals surface area contributed by atoms with Crippen LogP contribution in [0.5, 0.6) is 5.06 Å². The van der Waals surface area contributed by atoms with Crippen molar-refractivity contribution < 1.29 is 27.5 Å². The highest BCUT2D eigenvalue weighted by molar-refractivity contribution is 7.11. The molecule has 1 aliphatic rings. The molecule has 2 heterocycles. The van der Waals surface area contributed by atoms with Crippen molar-refractivity contribution >= 4 is 29.3 Å². The van der Waals surface area contributed by atoms with E-state index in [1.165, 1.54) is 29.7 Å². The van der Waals surface area contributed by atoms with Gasteiger partial charge in [0.05, 0.1) is 11.1 Å². The minimum atomic E-state index is -4.62. The molecule has 1 aromatic carbocycles. The number of hydrogen-bond acceptors (Lipinski definition) is 6. The van der Waals surface area contributed by atoms with Gasteiger partial charge in [0.1, 0.15) is 0 Å². The summed E-state index contributed by atoms with van der Waals surface area (Å²) in [4.78, 5) is 32.8. The molecule has 0 bridgehead atoms. The summed E-state index contributed by atoms with van der Waals surface area (Å²) in [5, 5.41) is 7.35. The van der Waals surface area contributed by atoms with Gasteiger partial charge in [-0.2, -0.15) is 13.2 Å². The maximum atomic E-state index is 13.2. The molecule has 2 amide bonds. The predicted molar refractivity (Wildman–Crippen MR) is 111 cm³/mol. The molecule has 0 saturated carbocycles. The Bertz CT molecular complexity index is 1140. The van der Waals surface area contributed by atoms with Crippen LogP contribution in [0.1, 0.15) is 33.6 Å². The second-order valence-corrected chi connectivity index (χ2v) is 7.98. The van der Waals surface area contributed by atoms with Crippen LogP contribution in [0.4, 0.5) is 23.9 Å². The van der Waals surface area contributed by atoms with Gasteiger partial charge in [0.25, 0.3) is 5.91 Å². The van der Waals surface area contributed by atoms with Gasteiger partial charge in [-0.15, -0.1) is 11.3 Å². The molecule has 0 fully saturated rings. The van der Waals surface area contributed by atoms with Crippen molar-refractivity contribution in [1.29, 1.82) is 0 Å². The molecular formula is C21H17F3N4O3S. The third-order valence-electron chi connectivity index (χ3n) is 4.86. The lowest BCUT2D eigenvalue weighted by molar-refractivity contribution is -0.137. The van der Waals surface area contributed by atoms with Crippen LogP contribution in [0.15, 0.2) is 48.0 Å². The summed E-state index contributed by atoms with van der Waals surface area (Å²) in [6.07, 6.45) is -2.46. The SMILES string of the molecule is O=C(Nc1ncc2c(n1)CCC(NC(=O)c1ccccc1C(F)(F)F)C2)Oc1cccs1. The fourth-order valence-corrected chi connectivity index (χ4v) is 3.98. The molecule has 0 spiro atoms. The number of ether oxygens (including phenoxy) is 1. The summed E-state index contributed by atoms with van der Waals surface area (Å²) in [7, 11) is 0. The van der Waals surface area contributed by atoms with Crippen molar-refractivity contribution in [1.82, 2.24) is 15.3 Å². The van der Waals surface area contributed by atoms with Gasteiger partial charge in [0.2, 0.25) is 5.95 Å². The van der Waals surface area contributed by atoms with E-state index in [4.69, 9.17) is 4.74 Å². The number of nitrogens with zero attached hydrogens (tertiary/aromatic N) is 2. The van der Waals surface area contributed by atoms with Gasteiger partial charge in [0, 0.05) is 17.9 Å². The van der Waals surface area contributed by atoms with E-state index in [1.54, 1.807) is 17.5 Å². The minimum Gasteiger partial charge on any atom is -0.399 e. The van der Waals surface area contributed by atoms with E-state index in [-0.39, 0.29) is 12.0 Å². The first-order valence-corrected chi connectivity index (χ1v) is 10.5. The number of carbonyl (C=O) groups excluding carboxylic acids is 2. The summed E-state index contributed by atoms with van der Waals surface area (Å²) in [6, 6.07) is 7.73. The minimum absolute atomic E-state index is 0.0897. The summed E-state index contributed by atoms with van der Waals surface area (Å²) in [5.74, 6) is -0.686. The lowest BCUT2D eigenvalue weighted by Crippen LogP contribution is -2.40. The van der Waals surface area contributed by atoms with Crippen molar-refractivity contribution in [3.8, 4) is 5.06 Å². The second kappa shape index (κ2) is 8.95. The molecule has 11 heteroatoms. The maximum Gasteiger partial charge on any atom is 0.420 e. The number of nitrogens with one attached hydrogen (secondary N) is 2. The van der Waals surface area contributed by atoms with Gasteiger partial charge in [-0.3, -0.25) is 10.1 Å². The molecule has 2 aromatic heterocycles. The van der Waals surface area contributed by atoms with Crippen LogP contribution in [0, 0.1) is 0 Å². The Hall–Kier alpha value is -3.47. The van der Waals surface area contributed by atoms with E-state index >= 15 is 0 Å². The van der Waals surface area contributed by atoms with Crippen LogP contribution in [-0.2, 0) is 19.0 Å². The van der Waals surface area contributed by atoms with Gasteiger partial charge in [-0.05, 0) is 54.5 Å². The number of benzene rings is 1. The Morgan fingerprint density at radius 1 is 1.16 bits per heavy atom. The fourth-order valence-electron chi connectivity index (χ4n) is 3.41. The smallest absolute Gasteiger partial charge is 0.399 e. The number of alkyl halides is 3. The van der Waals surface area contributed by atoms with Crippen LogP contribution in [0.25, 0.3) is 0 Å². The first-order chi connectivity index (χ1) is 15.3. The maximum absolute atomic E-state index is 13.2. The number of anilines is 1. The van der Waals surface area contributed by atoms with Crippen LogP contribution < -0.4 is 15.4 Å². The average Bonchev–Trinajstić information content (AvgIpc) is 3.26. The van der Waals surface area contributed by atoms with E-state index in [0.29, 0.717) is 30.0 Å². The number of amides is 2. The van der Waals surface area contributed by atoms with Crippen LogP contribution in [-0.4, -0.2) is 28.0 Å². The van der Waals surface area contributed by atoms with Crippen LogP contribution in [0.3, 0.4) is 0 Å². The Morgan fingerprint density at radius 2 is 1.97 bits per heavy atom. The number of fused-ring (bicyclic) bond motifs is 1. The molecular weight excluding hydrogens is 445 g/mol. The van der Waals surface area contributed by atoms with Crippen molar-refractivity contribution in [3.05, 3.63) is 70.4 Å². The molecule has 32 heavy (non-hydrogen) atoms. The summed E-state index contributed by atoms with van der Waals surface area (Å²) in [5.41, 5.74) is 0.0727. The van der Waals surface area contributed by atoms with Crippen LogP contribution >= 0.6 is 11.3 Å². The highest BCUT2D eigenvalue weighted by atomic mass is 32.1.